The fourth-order valence-corrected chi connectivity index (χ4v) is 1.93. The maximum Gasteiger partial charge on any atom is 0.330 e. The molecule has 0 bridgehead atoms. The zero-order chi connectivity index (χ0) is 14.0. The van der Waals surface area contributed by atoms with Crippen LogP contribution in [0.2, 0.25) is 0 Å². The van der Waals surface area contributed by atoms with Crippen LogP contribution in [0.15, 0.2) is 21.9 Å². The highest BCUT2D eigenvalue weighted by Crippen LogP contribution is 2.30. The van der Waals surface area contributed by atoms with Crippen molar-refractivity contribution >= 4 is 0 Å². The Bertz CT molecular complexity index is 600. The van der Waals surface area contributed by atoms with Crippen LogP contribution in [0, 0.1) is 12.5 Å². The summed E-state index contributed by atoms with van der Waals surface area (Å²) in [5.41, 5.74) is -1.29. The minimum atomic E-state index is -1.19. The van der Waals surface area contributed by atoms with Crippen LogP contribution in [0.3, 0.4) is 0 Å². The predicted octanol–water partition coefficient (Wildman–Crippen LogP) is -2.24. The van der Waals surface area contributed by atoms with Gasteiger partial charge >= 0.3 is 5.69 Å². The molecule has 1 saturated heterocycles. The molecule has 19 heavy (non-hydrogen) atoms. The topological polar surface area (TPSA) is 114 Å². The summed E-state index contributed by atoms with van der Waals surface area (Å²) in [5, 5.41) is 18.9. The van der Waals surface area contributed by atoms with Gasteiger partial charge in [0.1, 0.15) is 18.3 Å². The van der Waals surface area contributed by atoms with Crippen molar-refractivity contribution in [2.24, 2.45) is 0 Å². The van der Waals surface area contributed by atoms with Gasteiger partial charge in [-0.1, -0.05) is 6.42 Å². The Morgan fingerprint density at radius 3 is 2.89 bits per heavy atom. The number of rotatable bonds is 3. The van der Waals surface area contributed by atoms with E-state index in [1.54, 1.807) is 0 Å². The highest BCUT2D eigenvalue weighted by atomic mass is 16.6. The molecule has 0 aromatic carbocycles. The highest BCUT2D eigenvalue weighted by Gasteiger charge is 2.46. The van der Waals surface area contributed by atoms with Gasteiger partial charge in [-0.3, -0.25) is 14.3 Å². The lowest BCUT2D eigenvalue weighted by Crippen LogP contribution is -2.38. The zero-order valence-corrected chi connectivity index (χ0v) is 9.72. The molecule has 8 heteroatoms. The standard InChI is InChI=1S/C11H12N2O6/c1-2-18-9-8(16)6(5-14)19-10(9)13-4-3-7(15)12-11(13)17/h1,3-4,6,8-10,14,16H,5H2,(H,12,15,17)/t6-,8+,9-,10-/m1/s1. The van der Waals surface area contributed by atoms with Crippen LogP contribution in [0.25, 0.3) is 0 Å². The first-order valence-corrected chi connectivity index (χ1v) is 5.45. The lowest BCUT2D eigenvalue weighted by atomic mass is 10.1. The molecule has 0 saturated carbocycles. The number of hydrogen-bond donors (Lipinski definition) is 3. The number of aliphatic hydroxyl groups excluding tert-OH is 2. The third kappa shape index (κ3) is 2.39. The Balaban J connectivity index is 2.39. The van der Waals surface area contributed by atoms with E-state index in [0.29, 0.717) is 0 Å². The second-order valence-corrected chi connectivity index (χ2v) is 3.96. The summed E-state index contributed by atoms with van der Waals surface area (Å²) in [6.45, 7) is -0.458. The van der Waals surface area contributed by atoms with Gasteiger partial charge in [0.25, 0.3) is 5.56 Å². The molecule has 2 heterocycles. The van der Waals surface area contributed by atoms with E-state index in [2.05, 4.69) is 0 Å². The van der Waals surface area contributed by atoms with E-state index < -0.39 is 42.4 Å². The number of aromatic nitrogens is 2. The lowest BCUT2D eigenvalue weighted by molar-refractivity contribution is -0.0549. The number of H-pyrrole nitrogens is 1. The molecule has 0 unspecified atom stereocenters. The molecule has 8 nitrogen and oxygen atoms in total. The van der Waals surface area contributed by atoms with Crippen molar-refractivity contribution in [2.75, 3.05) is 6.61 Å². The van der Waals surface area contributed by atoms with E-state index in [-0.39, 0.29) is 0 Å². The summed E-state index contributed by atoms with van der Waals surface area (Å²) in [4.78, 5) is 24.7. The summed E-state index contributed by atoms with van der Waals surface area (Å²) in [6, 6.07) is 1.12. The SMILES string of the molecule is C#CO[C@@H]1[C@@H](O)[C@@H](CO)O[C@H]1n1ccc(=O)[nH]c1=O. The van der Waals surface area contributed by atoms with Gasteiger partial charge in [0.2, 0.25) is 0 Å². The van der Waals surface area contributed by atoms with Crippen LogP contribution in [0.5, 0.6) is 0 Å². The average molecular weight is 268 g/mol. The fourth-order valence-electron chi connectivity index (χ4n) is 1.93. The highest BCUT2D eigenvalue weighted by molar-refractivity contribution is 4.95. The van der Waals surface area contributed by atoms with Crippen LogP contribution >= 0.6 is 0 Å². The first kappa shape index (κ1) is 13.4. The molecule has 102 valence electrons. The van der Waals surface area contributed by atoms with Gasteiger partial charge in [0.15, 0.2) is 12.3 Å². The predicted molar refractivity (Wildman–Crippen MR) is 62.0 cm³/mol. The zero-order valence-electron chi connectivity index (χ0n) is 9.72. The Hall–Kier alpha value is -2.08. The summed E-state index contributed by atoms with van der Waals surface area (Å²) in [5.74, 6) is 0. The lowest BCUT2D eigenvalue weighted by Gasteiger charge is -2.19. The van der Waals surface area contributed by atoms with Crippen molar-refractivity contribution in [3.63, 3.8) is 0 Å². The Morgan fingerprint density at radius 2 is 2.32 bits per heavy atom. The molecule has 1 aromatic heterocycles. The van der Waals surface area contributed by atoms with Crippen LogP contribution in [-0.2, 0) is 9.47 Å². The number of aliphatic hydroxyl groups is 2. The van der Waals surface area contributed by atoms with Crippen molar-refractivity contribution in [2.45, 2.75) is 24.5 Å². The van der Waals surface area contributed by atoms with E-state index >= 15 is 0 Å². The molecule has 1 aromatic rings. The second kappa shape index (κ2) is 5.27. The molecular formula is C11H12N2O6. The summed E-state index contributed by atoms with van der Waals surface area (Å²) in [7, 11) is 0. The van der Waals surface area contributed by atoms with E-state index in [1.165, 1.54) is 6.20 Å². The normalized spacial score (nSPS) is 29.9. The molecule has 1 aliphatic heterocycles. The molecule has 0 aliphatic carbocycles. The molecular weight excluding hydrogens is 256 g/mol. The third-order valence-corrected chi connectivity index (χ3v) is 2.82. The quantitative estimate of drug-likeness (QED) is 0.534. The Morgan fingerprint density at radius 1 is 1.58 bits per heavy atom. The van der Waals surface area contributed by atoms with Crippen molar-refractivity contribution in [3.8, 4) is 12.5 Å². The van der Waals surface area contributed by atoms with Crippen molar-refractivity contribution in [1.29, 1.82) is 0 Å². The fraction of sp³-hybridized carbons (Fsp3) is 0.455. The molecule has 0 amide bonds. The molecule has 3 N–H and O–H groups in total. The molecule has 1 fully saturated rings. The average Bonchev–Trinajstić information content (AvgIpc) is 2.68. The Kier molecular flexibility index (Phi) is 3.71. The number of terminal acetylenes is 1. The third-order valence-electron chi connectivity index (χ3n) is 2.82. The summed E-state index contributed by atoms with van der Waals surface area (Å²) < 4.78 is 11.2. The number of nitrogens with one attached hydrogen (secondary N) is 1. The maximum absolute atomic E-state index is 11.7. The van der Waals surface area contributed by atoms with Crippen LogP contribution in [0.4, 0.5) is 0 Å². The van der Waals surface area contributed by atoms with Crippen molar-refractivity contribution < 1.29 is 19.7 Å². The van der Waals surface area contributed by atoms with Gasteiger partial charge < -0.3 is 19.7 Å². The van der Waals surface area contributed by atoms with Gasteiger partial charge in [0.05, 0.1) is 6.61 Å². The molecule has 1 aliphatic rings. The smallest absolute Gasteiger partial charge is 0.330 e. The first-order chi connectivity index (χ1) is 9.08. The monoisotopic (exact) mass is 268 g/mol. The van der Waals surface area contributed by atoms with Gasteiger partial charge in [-0.05, 0) is 0 Å². The van der Waals surface area contributed by atoms with E-state index in [0.717, 1.165) is 10.6 Å². The van der Waals surface area contributed by atoms with Crippen molar-refractivity contribution in [3.05, 3.63) is 33.1 Å². The minimum absolute atomic E-state index is 0.458. The van der Waals surface area contributed by atoms with Gasteiger partial charge in [-0.2, -0.15) is 0 Å². The van der Waals surface area contributed by atoms with Gasteiger partial charge in [-0.15, -0.1) is 0 Å². The summed E-state index contributed by atoms with van der Waals surface area (Å²) >= 11 is 0. The van der Waals surface area contributed by atoms with E-state index in [1.807, 2.05) is 11.1 Å². The number of hydrogen-bond acceptors (Lipinski definition) is 6. The van der Waals surface area contributed by atoms with Crippen molar-refractivity contribution in [1.82, 2.24) is 9.55 Å². The van der Waals surface area contributed by atoms with Crippen LogP contribution in [0.1, 0.15) is 6.23 Å². The molecule has 2 rings (SSSR count). The summed E-state index contributed by atoms with van der Waals surface area (Å²) in [6.07, 6.45) is 3.94. The van der Waals surface area contributed by atoms with Crippen LogP contribution in [-0.4, -0.2) is 44.7 Å². The number of ether oxygens (including phenoxy) is 2. The second-order valence-electron chi connectivity index (χ2n) is 3.96. The first-order valence-electron chi connectivity index (χ1n) is 5.45. The largest absolute Gasteiger partial charge is 0.436 e. The van der Waals surface area contributed by atoms with Gasteiger partial charge in [0, 0.05) is 12.3 Å². The number of nitrogens with zero attached hydrogens (tertiary/aromatic N) is 1. The maximum atomic E-state index is 11.7. The van der Waals surface area contributed by atoms with Gasteiger partial charge in [-0.25, -0.2) is 4.79 Å². The Labute approximate surface area is 107 Å². The minimum Gasteiger partial charge on any atom is -0.436 e. The van der Waals surface area contributed by atoms with E-state index in [9.17, 15) is 14.7 Å². The van der Waals surface area contributed by atoms with Crippen LogP contribution < -0.4 is 11.2 Å². The van der Waals surface area contributed by atoms with E-state index in [4.69, 9.17) is 21.0 Å². The number of aromatic amines is 1. The molecule has 4 atom stereocenters. The molecule has 0 spiro atoms. The molecule has 0 radical (unpaired) electrons.